The molecule has 0 bridgehead atoms. The lowest BCUT2D eigenvalue weighted by Gasteiger charge is -2.25. The molecule has 0 aliphatic carbocycles. The van der Waals surface area contributed by atoms with Crippen LogP contribution in [0.1, 0.15) is 36.7 Å². The molecule has 2 saturated heterocycles. The van der Waals surface area contributed by atoms with Crippen molar-refractivity contribution in [1.29, 1.82) is 0 Å². The van der Waals surface area contributed by atoms with E-state index in [1.165, 1.54) is 10.8 Å². The Hall–Kier alpha value is -2.13. The molecular weight excluding hydrogens is 350 g/mol. The molecule has 2 aliphatic heterocycles. The maximum atomic E-state index is 12.8. The summed E-state index contributed by atoms with van der Waals surface area (Å²) >= 11 is 0. The van der Waals surface area contributed by atoms with E-state index in [0.29, 0.717) is 32.0 Å². The smallest absolute Gasteiger partial charge is 0.325 e. The Morgan fingerprint density at radius 2 is 2.00 bits per heavy atom. The molecule has 150 valence electrons. The van der Waals surface area contributed by atoms with Crippen LogP contribution in [-0.4, -0.2) is 81.1 Å². The van der Waals surface area contributed by atoms with E-state index in [1.807, 2.05) is 7.05 Å². The molecule has 3 N–H and O–H groups in total. The van der Waals surface area contributed by atoms with Crippen molar-refractivity contribution in [2.75, 3.05) is 26.7 Å². The molecule has 3 rings (SSSR count). The molecule has 2 fully saturated rings. The molecule has 0 spiro atoms. The van der Waals surface area contributed by atoms with Crippen LogP contribution in [0, 0.1) is 5.92 Å². The third-order valence-electron chi connectivity index (χ3n) is 5.75. The van der Waals surface area contributed by atoms with Gasteiger partial charge in [-0.2, -0.15) is 0 Å². The molecule has 27 heavy (non-hydrogen) atoms. The maximum Gasteiger partial charge on any atom is 0.325 e. The Morgan fingerprint density at radius 3 is 2.59 bits per heavy atom. The number of hydrogen-bond acceptors (Lipinski definition) is 5. The Balaban J connectivity index is 1.59. The number of aromatic amines is 1. The van der Waals surface area contributed by atoms with Gasteiger partial charge in [-0.15, -0.1) is 0 Å². The van der Waals surface area contributed by atoms with Crippen LogP contribution < -0.4 is 11.0 Å². The number of hydrogen-bond donors (Lipinski definition) is 3. The summed E-state index contributed by atoms with van der Waals surface area (Å²) in [4.78, 5) is 43.1. The number of carbonyl (C=O) groups excluding carboxylic acids is 2. The van der Waals surface area contributed by atoms with Gasteiger partial charge in [0.15, 0.2) is 0 Å². The third-order valence-corrected chi connectivity index (χ3v) is 5.75. The average Bonchev–Trinajstić information content (AvgIpc) is 3.05. The summed E-state index contributed by atoms with van der Waals surface area (Å²) in [5, 5.41) is 13.2. The van der Waals surface area contributed by atoms with E-state index >= 15 is 0 Å². The van der Waals surface area contributed by atoms with Crippen LogP contribution in [0.2, 0.25) is 0 Å². The number of nitrogens with one attached hydrogen (secondary N) is 2. The monoisotopic (exact) mass is 379 g/mol. The fraction of sp³-hybridized carbons (Fsp3) is 0.722. The first-order valence-electron chi connectivity index (χ1n) is 9.48. The van der Waals surface area contributed by atoms with Crippen molar-refractivity contribution in [3.8, 4) is 0 Å². The van der Waals surface area contributed by atoms with Gasteiger partial charge in [0.1, 0.15) is 5.69 Å². The molecule has 4 atom stereocenters. The molecule has 1 aromatic rings. The predicted octanol–water partition coefficient (Wildman–Crippen LogP) is -0.865. The third kappa shape index (κ3) is 4.41. The number of carbonyl (C=O) groups is 2. The maximum absolute atomic E-state index is 12.8. The number of amides is 2. The van der Waals surface area contributed by atoms with Crippen LogP contribution in [0.25, 0.3) is 0 Å². The Kier molecular flexibility index (Phi) is 5.71. The van der Waals surface area contributed by atoms with E-state index in [-0.39, 0.29) is 35.2 Å². The lowest BCUT2D eigenvalue weighted by molar-refractivity contribution is -0.136. The number of imidazole rings is 1. The Labute approximate surface area is 158 Å². The molecule has 2 amide bonds. The minimum atomic E-state index is -0.687. The second kappa shape index (κ2) is 7.85. The van der Waals surface area contributed by atoms with Gasteiger partial charge < -0.3 is 29.8 Å². The van der Waals surface area contributed by atoms with Gasteiger partial charge >= 0.3 is 5.69 Å². The molecule has 2 aliphatic rings. The summed E-state index contributed by atoms with van der Waals surface area (Å²) in [5.41, 5.74) is -0.161. The van der Waals surface area contributed by atoms with E-state index in [0.717, 1.165) is 13.0 Å². The molecule has 0 saturated carbocycles. The fourth-order valence-corrected chi connectivity index (χ4v) is 4.01. The highest BCUT2D eigenvalue weighted by atomic mass is 16.3. The number of aromatic nitrogens is 2. The van der Waals surface area contributed by atoms with Crippen LogP contribution in [0.4, 0.5) is 0 Å². The highest BCUT2D eigenvalue weighted by molar-refractivity contribution is 5.92. The van der Waals surface area contributed by atoms with Crippen molar-refractivity contribution in [3.05, 3.63) is 22.4 Å². The second-order valence-corrected chi connectivity index (χ2v) is 7.94. The number of aliphatic hydroxyl groups excluding tert-OH is 1. The first-order chi connectivity index (χ1) is 12.7. The molecule has 9 heteroatoms. The number of rotatable bonds is 3. The van der Waals surface area contributed by atoms with E-state index in [4.69, 9.17) is 0 Å². The number of β-amino-alcohol motifs (C(OH)–C–C–N with tert-alkyl or cyclic N) is 1. The highest BCUT2D eigenvalue weighted by Crippen LogP contribution is 2.24. The summed E-state index contributed by atoms with van der Waals surface area (Å²) in [6.07, 6.45) is 2.55. The summed E-state index contributed by atoms with van der Waals surface area (Å²) in [6.45, 7) is 3.65. The summed E-state index contributed by atoms with van der Waals surface area (Å²) < 4.78 is 1.30. The molecule has 9 nitrogen and oxygen atoms in total. The lowest BCUT2D eigenvalue weighted by atomic mass is 10.0. The van der Waals surface area contributed by atoms with Crippen molar-refractivity contribution >= 4 is 11.8 Å². The average molecular weight is 379 g/mol. The number of aryl methyl sites for hydroxylation is 1. The number of likely N-dealkylation sites (tertiary alicyclic amines) is 2. The predicted molar refractivity (Wildman–Crippen MR) is 99.3 cm³/mol. The van der Waals surface area contributed by atoms with Crippen molar-refractivity contribution in [2.24, 2.45) is 13.0 Å². The molecular formula is C18H29N5O4. The van der Waals surface area contributed by atoms with E-state index in [9.17, 15) is 19.5 Å². The topological polar surface area (TPSA) is 111 Å². The van der Waals surface area contributed by atoms with Crippen LogP contribution in [0.3, 0.4) is 0 Å². The number of aliphatic hydroxyl groups is 1. The zero-order chi connectivity index (χ0) is 19.7. The minimum Gasteiger partial charge on any atom is -0.391 e. The second-order valence-electron chi connectivity index (χ2n) is 7.94. The summed E-state index contributed by atoms with van der Waals surface area (Å²) in [6, 6.07) is 0.134. The first-order valence-corrected chi connectivity index (χ1v) is 9.48. The van der Waals surface area contributed by atoms with Gasteiger partial charge in [0.25, 0.3) is 5.91 Å². The van der Waals surface area contributed by atoms with Crippen LogP contribution in [-0.2, 0) is 11.8 Å². The minimum absolute atomic E-state index is 0.0299. The zero-order valence-electron chi connectivity index (χ0n) is 16.1. The van der Waals surface area contributed by atoms with Gasteiger partial charge in [0, 0.05) is 45.0 Å². The SMILES string of the molecule is C[C@@H]1C[C@H](C(=O)N2CC[C@H](NC(=O)c3cn(C)c(=O)[nH]3)C[C@H](O)C2)CN1C. The number of H-pyrrole nitrogens is 1. The first kappa shape index (κ1) is 19.6. The molecule has 3 heterocycles. The van der Waals surface area contributed by atoms with Crippen LogP contribution in [0.5, 0.6) is 0 Å². The van der Waals surface area contributed by atoms with E-state index < -0.39 is 6.10 Å². The van der Waals surface area contributed by atoms with Gasteiger partial charge in [-0.05, 0) is 33.2 Å². The standard InChI is InChI=1S/C18H29N5O4/c1-11-6-12(8-21(11)2)17(26)23-5-4-13(7-14(24)9-23)19-16(25)15-10-22(3)18(27)20-15/h10-14,24H,4-9H2,1-3H3,(H,19,25)(H,20,27)/t11-,12+,13+,14+/m1/s1. The zero-order valence-corrected chi connectivity index (χ0v) is 16.1. The fourth-order valence-electron chi connectivity index (χ4n) is 4.01. The van der Waals surface area contributed by atoms with Gasteiger partial charge in [0.05, 0.1) is 12.0 Å². The Morgan fingerprint density at radius 1 is 1.26 bits per heavy atom. The van der Waals surface area contributed by atoms with Gasteiger partial charge in [-0.3, -0.25) is 9.59 Å². The van der Waals surface area contributed by atoms with Crippen LogP contribution >= 0.6 is 0 Å². The van der Waals surface area contributed by atoms with Gasteiger partial charge in [0.2, 0.25) is 5.91 Å². The summed E-state index contributed by atoms with van der Waals surface area (Å²) in [5.74, 6) is -0.321. The van der Waals surface area contributed by atoms with Crippen LogP contribution in [0.15, 0.2) is 11.0 Å². The van der Waals surface area contributed by atoms with Crippen molar-refractivity contribution in [2.45, 2.75) is 44.4 Å². The quantitative estimate of drug-likeness (QED) is 0.633. The lowest BCUT2D eigenvalue weighted by Crippen LogP contribution is -2.40. The normalized spacial score (nSPS) is 29.6. The molecule has 0 aromatic carbocycles. The molecule has 0 unspecified atom stereocenters. The summed E-state index contributed by atoms with van der Waals surface area (Å²) in [7, 11) is 3.59. The van der Waals surface area contributed by atoms with E-state index in [1.54, 1.807) is 11.9 Å². The molecule has 0 radical (unpaired) electrons. The highest BCUT2D eigenvalue weighted by Gasteiger charge is 2.36. The Bertz CT molecular complexity index is 747. The van der Waals surface area contributed by atoms with Gasteiger partial charge in [-0.25, -0.2) is 4.79 Å². The number of nitrogens with zero attached hydrogens (tertiary/aromatic N) is 3. The van der Waals surface area contributed by atoms with Crippen molar-refractivity contribution in [3.63, 3.8) is 0 Å². The van der Waals surface area contributed by atoms with Gasteiger partial charge in [-0.1, -0.05) is 0 Å². The van der Waals surface area contributed by atoms with Crippen molar-refractivity contribution in [1.82, 2.24) is 24.7 Å². The molecule has 1 aromatic heterocycles. The van der Waals surface area contributed by atoms with Crippen molar-refractivity contribution < 1.29 is 14.7 Å². The van der Waals surface area contributed by atoms with E-state index in [2.05, 4.69) is 22.1 Å². The largest absolute Gasteiger partial charge is 0.391 e.